The van der Waals surface area contributed by atoms with Gasteiger partial charge in [-0.15, -0.1) is 0 Å². The molecule has 0 unspecified atom stereocenters. The number of nitro benzene ring substituents is 1. The Morgan fingerprint density at radius 2 is 1.78 bits per heavy atom. The molecule has 0 spiro atoms. The van der Waals surface area contributed by atoms with Crippen LogP contribution >= 0.6 is 34.8 Å². The van der Waals surface area contributed by atoms with E-state index in [4.69, 9.17) is 39.5 Å². The fraction of sp³-hybridized carbons (Fsp3) is 0.125. The maximum absolute atomic E-state index is 12.1. The van der Waals surface area contributed by atoms with Crippen molar-refractivity contribution in [3.8, 4) is 5.75 Å². The number of ether oxygens (including phenoxy) is 1. The molecule has 1 atom stereocenters. The summed E-state index contributed by atoms with van der Waals surface area (Å²) in [6.45, 7) is 1.45. The zero-order valence-electron chi connectivity index (χ0n) is 13.7. The third kappa shape index (κ3) is 5.46. The number of hydrogen-bond acceptors (Lipinski definition) is 5. The number of carbonyl (C=O) groups excluding carboxylic acids is 2. The van der Waals surface area contributed by atoms with Crippen LogP contribution in [0.2, 0.25) is 15.1 Å². The van der Waals surface area contributed by atoms with Crippen molar-refractivity contribution in [3.05, 3.63) is 67.1 Å². The highest BCUT2D eigenvalue weighted by Gasteiger charge is 2.19. The molecule has 2 aromatic carbocycles. The van der Waals surface area contributed by atoms with Crippen molar-refractivity contribution < 1.29 is 19.2 Å². The second kappa shape index (κ2) is 8.90. The van der Waals surface area contributed by atoms with Gasteiger partial charge in [0.05, 0.1) is 20.5 Å². The summed E-state index contributed by atoms with van der Waals surface area (Å²) in [5.74, 6) is -1.17. The number of nitro groups is 1. The molecule has 27 heavy (non-hydrogen) atoms. The molecule has 0 aliphatic carbocycles. The summed E-state index contributed by atoms with van der Waals surface area (Å²) in [6.07, 6.45) is -0.990. The Bertz CT molecular complexity index is 907. The maximum Gasteiger partial charge on any atom is 0.279 e. The lowest BCUT2D eigenvalue weighted by Gasteiger charge is -2.16. The highest BCUT2D eigenvalue weighted by molar-refractivity contribution is 6.35. The Morgan fingerprint density at radius 3 is 2.37 bits per heavy atom. The summed E-state index contributed by atoms with van der Waals surface area (Å²) in [4.78, 5) is 34.1. The van der Waals surface area contributed by atoms with Crippen LogP contribution in [0, 0.1) is 10.1 Å². The lowest BCUT2D eigenvalue weighted by Crippen LogP contribution is -2.47. The Hall–Kier alpha value is -2.55. The van der Waals surface area contributed by atoms with E-state index in [1.165, 1.54) is 25.1 Å². The number of hydrogen-bond donors (Lipinski definition) is 2. The molecule has 0 heterocycles. The summed E-state index contributed by atoms with van der Waals surface area (Å²) >= 11 is 17.6. The first-order chi connectivity index (χ1) is 12.7. The zero-order valence-corrected chi connectivity index (χ0v) is 15.9. The average Bonchev–Trinajstić information content (AvgIpc) is 2.61. The minimum absolute atomic E-state index is 0.0446. The van der Waals surface area contributed by atoms with Gasteiger partial charge in [0, 0.05) is 17.2 Å². The van der Waals surface area contributed by atoms with Gasteiger partial charge in [0.25, 0.3) is 17.5 Å². The molecule has 0 saturated carbocycles. The van der Waals surface area contributed by atoms with Gasteiger partial charge >= 0.3 is 0 Å². The van der Waals surface area contributed by atoms with Crippen molar-refractivity contribution in [3.63, 3.8) is 0 Å². The van der Waals surface area contributed by atoms with Gasteiger partial charge in [-0.05, 0) is 31.2 Å². The SMILES string of the molecule is C[C@H](Oc1ccc(Cl)cc1Cl)C(=O)NNC(=O)c1ccc([N+](=O)[O-])cc1Cl. The number of nitrogens with zero attached hydrogens (tertiary/aromatic N) is 1. The van der Waals surface area contributed by atoms with E-state index in [2.05, 4.69) is 10.9 Å². The summed E-state index contributed by atoms with van der Waals surface area (Å²) in [5.41, 5.74) is 4.02. The molecule has 8 nitrogen and oxygen atoms in total. The third-order valence-electron chi connectivity index (χ3n) is 3.27. The number of halogens is 3. The molecule has 0 radical (unpaired) electrons. The van der Waals surface area contributed by atoms with Crippen molar-refractivity contribution in [1.29, 1.82) is 0 Å². The molecular formula is C16H12Cl3N3O5. The van der Waals surface area contributed by atoms with Crippen LogP contribution in [0.25, 0.3) is 0 Å². The molecule has 11 heteroatoms. The van der Waals surface area contributed by atoms with E-state index >= 15 is 0 Å². The summed E-state index contributed by atoms with van der Waals surface area (Å²) in [5, 5.41) is 11.2. The van der Waals surface area contributed by atoms with Crippen LogP contribution in [0.15, 0.2) is 36.4 Å². The summed E-state index contributed by atoms with van der Waals surface area (Å²) in [7, 11) is 0. The summed E-state index contributed by atoms with van der Waals surface area (Å²) in [6, 6.07) is 7.84. The van der Waals surface area contributed by atoms with Crippen molar-refractivity contribution in [1.82, 2.24) is 10.9 Å². The van der Waals surface area contributed by atoms with Gasteiger partial charge in [-0.1, -0.05) is 34.8 Å². The number of amides is 2. The monoisotopic (exact) mass is 431 g/mol. The van der Waals surface area contributed by atoms with Gasteiger partial charge in [-0.25, -0.2) is 0 Å². The van der Waals surface area contributed by atoms with Crippen LogP contribution in [0.1, 0.15) is 17.3 Å². The van der Waals surface area contributed by atoms with E-state index in [1.807, 2.05) is 0 Å². The van der Waals surface area contributed by atoms with Crippen molar-refractivity contribution in [2.75, 3.05) is 0 Å². The second-order valence-corrected chi connectivity index (χ2v) is 6.45. The number of carbonyl (C=O) groups is 2. The Balaban J connectivity index is 1.96. The molecule has 2 rings (SSSR count). The van der Waals surface area contributed by atoms with E-state index in [9.17, 15) is 19.7 Å². The number of hydrazine groups is 1. The standard InChI is InChI=1S/C16H12Cl3N3O5/c1-8(27-14-5-2-9(17)6-13(14)19)15(23)20-21-16(24)11-4-3-10(22(25)26)7-12(11)18/h2-8H,1H3,(H,20,23)(H,21,24)/t8-/m0/s1. The van der Waals surface area contributed by atoms with Crippen molar-refractivity contribution in [2.24, 2.45) is 0 Å². The normalized spacial score (nSPS) is 11.4. The number of benzene rings is 2. The minimum atomic E-state index is -0.990. The van der Waals surface area contributed by atoms with Gasteiger partial charge < -0.3 is 4.74 Å². The fourth-order valence-corrected chi connectivity index (χ4v) is 2.62. The van der Waals surface area contributed by atoms with Crippen molar-refractivity contribution in [2.45, 2.75) is 13.0 Å². The molecule has 2 N–H and O–H groups in total. The number of non-ortho nitro benzene ring substituents is 1. The zero-order chi connectivity index (χ0) is 20.1. The van der Waals surface area contributed by atoms with Crippen LogP contribution in [0.5, 0.6) is 5.75 Å². The highest BCUT2D eigenvalue weighted by atomic mass is 35.5. The van der Waals surface area contributed by atoms with Gasteiger partial charge in [0.2, 0.25) is 0 Å². The Labute approximate surface area is 168 Å². The molecule has 0 bridgehead atoms. The molecule has 0 saturated heterocycles. The van der Waals surface area contributed by atoms with E-state index in [-0.39, 0.29) is 27.0 Å². The lowest BCUT2D eigenvalue weighted by atomic mass is 10.2. The fourth-order valence-electron chi connectivity index (χ4n) is 1.90. The van der Waals surface area contributed by atoms with Crippen LogP contribution in [0.3, 0.4) is 0 Å². The predicted molar refractivity (Wildman–Crippen MR) is 100 cm³/mol. The van der Waals surface area contributed by atoms with Crippen LogP contribution in [0.4, 0.5) is 5.69 Å². The quantitative estimate of drug-likeness (QED) is 0.552. The molecule has 2 amide bonds. The van der Waals surface area contributed by atoms with Gasteiger partial charge in [-0.3, -0.25) is 30.6 Å². The predicted octanol–water partition coefficient (Wildman–Crippen LogP) is 3.78. The van der Waals surface area contributed by atoms with Gasteiger partial charge in [-0.2, -0.15) is 0 Å². The van der Waals surface area contributed by atoms with Crippen LogP contribution in [-0.2, 0) is 4.79 Å². The first kappa shape index (κ1) is 20.8. The molecular weight excluding hydrogens is 421 g/mol. The largest absolute Gasteiger partial charge is 0.479 e. The van der Waals surface area contributed by atoms with Crippen LogP contribution in [-0.4, -0.2) is 22.8 Å². The van der Waals surface area contributed by atoms with E-state index in [0.717, 1.165) is 12.1 Å². The molecule has 142 valence electrons. The first-order valence-corrected chi connectivity index (χ1v) is 8.48. The van der Waals surface area contributed by atoms with Crippen molar-refractivity contribution >= 4 is 52.3 Å². The second-order valence-electron chi connectivity index (χ2n) is 5.20. The number of rotatable bonds is 5. The molecule has 0 aromatic heterocycles. The highest BCUT2D eigenvalue weighted by Crippen LogP contribution is 2.28. The summed E-state index contributed by atoms with van der Waals surface area (Å²) < 4.78 is 5.41. The average molecular weight is 433 g/mol. The third-order valence-corrected chi connectivity index (χ3v) is 4.12. The Kier molecular flexibility index (Phi) is 6.84. The van der Waals surface area contributed by atoms with E-state index in [0.29, 0.717) is 5.02 Å². The molecule has 0 aliphatic heterocycles. The molecule has 2 aromatic rings. The number of nitrogens with one attached hydrogen (secondary N) is 2. The smallest absolute Gasteiger partial charge is 0.279 e. The Morgan fingerprint density at radius 1 is 1.07 bits per heavy atom. The van der Waals surface area contributed by atoms with Gasteiger partial charge in [0.15, 0.2) is 6.10 Å². The first-order valence-electron chi connectivity index (χ1n) is 7.35. The van der Waals surface area contributed by atoms with Gasteiger partial charge in [0.1, 0.15) is 5.75 Å². The van der Waals surface area contributed by atoms with E-state index < -0.39 is 22.8 Å². The maximum atomic E-state index is 12.1. The lowest BCUT2D eigenvalue weighted by molar-refractivity contribution is -0.384. The van der Waals surface area contributed by atoms with Crippen LogP contribution < -0.4 is 15.6 Å². The molecule has 0 aliphatic rings. The van der Waals surface area contributed by atoms with E-state index in [1.54, 1.807) is 6.07 Å². The minimum Gasteiger partial charge on any atom is -0.479 e. The molecule has 0 fully saturated rings. The topological polar surface area (TPSA) is 111 Å².